The number of likely N-dealkylation sites (tertiary alicyclic amines) is 1. The van der Waals surface area contributed by atoms with Crippen molar-refractivity contribution in [1.82, 2.24) is 4.90 Å². The number of benzene rings is 2. The molecule has 0 radical (unpaired) electrons. The van der Waals surface area contributed by atoms with E-state index in [0.717, 1.165) is 22.3 Å². The van der Waals surface area contributed by atoms with Gasteiger partial charge in [0.2, 0.25) is 11.8 Å². The second-order valence-corrected chi connectivity index (χ2v) is 11.7. The average molecular weight is 587 g/mol. The fourth-order valence-electron chi connectivity index (χ4n) is 6.97. The normalized spacial score (nSPS) is 23.9. The van der Waals surface area contributed by atoms with Gasteiger partial charge in [-0.15, -0.1) is 0 Å². The van der Waals surface area contributed by atoms with Gasteiger partial charge in [-0.05, 0) is 84.3 Å². The molecule has 43 heavy (non-hydrogen) atoms. The molecule has 4 N–H and O–H groups in total. The van der Waals surface area contributed by atoms with E-state index in [1.807, 2.05) is 42.5 Å². The molecule has 2 amide bonds. The highest BCUT2D eigenvalue weighted by Gasteiger charge is 2.57. The number of phenolic OH excluding ortho intramolecular Hbond substituents is 1. The van der Waals surface area contributed by atoms with Gasteiger partial charge in [-0.25, -0.2) is 0 Å². The Balaban J connectivity index is 1.36. The Kier molecular flexibility index (Phi) is 9.80. The largest absolute Gasteiger partial charge is 0.508 e. The molecule has 0 unspecified atom stereocenters. The van der Waals surface area contributed by atoms with Crippen LogP contribution in [0.2, 0.25) is 6.32 Å². The number of rotatable bonds is 12. The van der Waals surface area contributed by atoms with Crippen molar-refractivity contribution in [3.63, 3.8) is 0 Å². The van der Waals surface area contributed by atoms with Crippen molar-refractivity contribution < 1.29 is 39.4 Å². The second-order valence-electron chi connectivity index (χ2n) is 11.7. The zero-order chi connectivity index (χ0) is 30.5. The number of phenols is 1. The highest BCUT2D eigenvalue weighted by atomic mass is 16.5. The molecular weight excluding hydrogens is 549 g/mol. The van der Waals surface area contributed by atoms with E-state index >= 15 is 0 Å². The van der Waals surface area contributed by atoms with Gasteiger partial charge >= 0.3 is 13.1 Å². The summed E-state index contributed by atoms with van der Waals surface area (Å²) in [5.41, 5.74) is 4.38. The van der Waals surface area contributed by atoms with Crippen LogP contribution in [0.25, 0.3) is 11.6 Å². The zero-order valence-electron chi connectivity index (χ0n) is 24.1. The fourth-order valence-corrected chi connectivity index (χ4v) is 6.97. The minimum atomic E-state index is -1.11. The molecular formula is C33H38BNO8. The summed E-state index contributed by atoms with van der Waals surface area (Å²) in [6, 6.07) is 16.9. The number of carbonyl (C=O) groups excluding carboxylic acids is 2. The SMILES string of the molecule is O=C(O)CCCCCN1C(=O)[C@@H]2[C@@H](CC(CO)=C3[C@@H](CC/C(=C/c4cccc(O)c4)c4ccccc4)OB(O)C[C@@H]32)C1=O. The summed E-state index contributed by atoms with van der Waals surface area (Å²) in [4.78, 5) is 39.1. The smallest absolute Gasteiger partial charge is 0.455 e. The third-order valence-corrected chi connectivity index (χ3v) is 8.89. The van der Waals surface area contributed by atoms with E-state index in [1.165, 1.54) is 4.90 Å². The lowest BCUT2D eigenvalue weighted by atomic mass is 9.58. The van der Waals surface area contributed by atoms with Gasteiger partial charge < -0.3 is 25.0 Å². The Morgan fingerprint density at radius 3 is 2.51 bits per heavy atom. The van der Waals surface area contributed by atoms with E-state index in [4.69, 9.17) is 9.76 Å². The van der Waals surface area contributed by atoms with E-state index < -0.39 is 36.9 Å². The first-order valence-corrected chi connectivity index (χ1v) is 15.0. The molecule has 5 rings (SSSR count). The lowest BCUT2D eigenvalue weighted by Crippen LogP contribution is -2.46. The van der Waals surface area contributed by atoms with Crippen molar-refractivity contribution in [3.8, 4) is 5.75 Å². The summed E-state index contributed by atoms with van der Waals surface area (Å²) in [6.45, 7) is -0.0180. The summed E-state index contributed by atoms with van der Waals surface area (Å²) >= 11 is 0. The quantitative estimate of drug-likeness (QED) is 0.0954. The van der Waals surface area contributed by atoms with E-state index in [-0.39, 0.29) is 49.9 Å². The van der Waals surface area contributed by atoms with Crippen molar-refractivity contribution in [2.24, 2.45) is 17.8 Å². The number of unbranched alkanes of at least 4 members (excludes halogenated alkanes) is 2. The van der Waals surface area contributed by atoms with Crippen LogP contribution in [-0.4, -0.2) is 69.4 Å². The number of aliphatic hydroxyl groups is 1. The Hall–Kier alpha value is -3.73. The number of carbonyl (C=O) groups is 3. The molecule has 10 heteroatoms. The summed E-state index contributed by atoms with van der Waals surface area (Å²) in [5, 5.41) is 40.1. The van der Waals surface area contributed by atoms with E-state index in [2.05, 4.69) is 0 Å². The molecule has 2 saturated heterocycles. The first-order chi connectivity index (χ1) is 20.8. The average Bonchev–Trinajstić information content (AvgIpc) is 3.23. The van der Waals surface area contributed by atoms with Crippen LogP contribution in [0.1, 0.15) is 56.1 Å². The minimum absolute atomic E-state index is 0.0522. The minimum Gasteiger partial charge on any atom is -0.508 e. The number of fused-ring (bicyclic) bond motifs is 3. The standard InChI is InChI=1S/C33H38BNO8/c36-20-24-18-26-31(33(41)35(32(26)40)15-6-2-5-12-29(38)39)27-19-34(42)43-28(30(24)27)14-13-23(22-9-3-1-4-10-22)16-21-8-7-11-25(37)17-21/h1,3-4,7-11,16-17,26-28,31,36-37,42H,2,5-6,12-15,18-20H2,(H,38,39)/b23-16-/t26-,27+,28-,31-/m1/s1. The molecule has 0 saturated carbocycles. The molecule has 2 aromatic carbocycles. The van der Waals surface area contributed by atoms with Crippen LogP contribution in [0, 0.1) is 17.8 Å². The number of aliphatic hydroxyl groups excluding tert-OH is 1. The molecule has 4 atom stereocenters. The summed E-state index contributed by atoms with van der Waals surface area (Å²) < 4.78 is 6.05. The zero-order valence-corrected chi connectivity index (χ0v) is 24.1. The van der Waals surface area contributed by atoms with Gasteiger partial charge in [-0.2, -0.15) is 0 Å². The van der Waals surface area contributed by atoms with Gasteiger partial charge in [0.05, 0.1) is 24.5 Å². The van der Waals surface area contributed by atoms with Crippen LogP contribution >= 0.6 is 0 Å². The maximum absolute atomic E-state index is 13.6. The summed E-state index contributed by atoms with van der Waals surface area (Å²) in [5.74, 6) is -2.83. The van der Waals surface area contributed by atoms with E-state index in [1.54, 1.807) is 18.2 Å². The molecule has 2 aliphatic heterocycles. The molecule has 1 aliphatic carbocycles. The number of hydrogen-bond acceptors (Lipinski definition) is 7. The van der Waals surface area contributed by atoms with Crippen molar-refractivity contribution in [2.75, 3.05) is 13.2 Å². The van der Waals surface area contributed by atoms with Crippen molar-refractivity contribution in [3.05, 3.63) is 76.9 Å². The second kappa shape index (κ2) is 13.7. The number of aromatic hydroxyl groups is 1. The maximum Gasteiger partial charge on any atom is 0.455 e. The molecule has 0 bridgehead atoms. The summed E-state index contributed by atoms with van der Waals surface area (Å²) in [6.07, 6.45) is 4.63. The van der Waals surface area contributed by atoms with Crippen molar-refractivity contribution >= 4 is 36.6 Å². The van der Waals surface area contributed by atoms with Crippen LogP contribution < -0.4 is 0 Å². The highest BCUT2D eigenvalue weighted by Crippen LogP contribution is 2.50. The number of amides is 2. The Bertz CT molecular complexity index is 1410. The van der Waals surface area contributed by atoms with Gasteiger partial charge in [0, 0.05) is 13.0 Å². The number of imide groups is 1. The Morgan fingerprint density at radius 2 is 1.79 bits per heavy atom. The number of nitrogens with zero attached hydrogens (tertiary/aromatic N) is 1. The van der Waals surface area contributed by atoms with Crippen LogP contribution in [0.3, 0.4) is 0 Å². The van der Waals surface area contributed by atoms with Gasteiger partial charge in [0.25, 0.3) is 0 Å². The molecule has 0 aromatic heterocycles. The number of carboxylic acid groups (broad SMARTS) is 1. The molecule has 0 spiro atoms. The van der Waals surface area contributed by atoms with Gasteiger partial charge in [0.1, 0.15) is 5.75 Å². The third-order valence-electron chi connectivity index (χ3n) is 8.89. The number of aliphatic carboxylic acids is 1. The number of allylic oxidation sites excluding steroid dienone is 1. The number of carboxylic acids is 1. The predicted octanol–water partition coefficient (Wildman–Crippen LogP) is 4.15. The predicted molar refractivity (Wildman–Crippen MR) is 161 cm³/mol. The van der Waals surface area contributed by atoms with Crippen molar-refractivity contribution in [2.45, 2.75) is 57.4 Å². The van der Waals surface area contributed by atoms with Gasteiger partial charge in [-0.1, -0.05) is 55.0 Å². The molecule has 9 nitrogen and oxygen atoms in total. The molecule has 2 heterocycles. The first-order valence-electron chi connectivity index (χ1n) is 15.0. The van der Waals surface area contributed by atoms with Crippen LogP contribution in [-0.2, 0) is 19.0 Å². The topological polar surface area (TPSA) is 145 Å². The van der Waals surface area contributed by atoms with Crippen LogP contribution in [0.5, 0.6) is 5.75 Å². The lowest BCUT2D eigenvalue weighted by molar-refractivity contribution is -0.141. The van der Waals surface area contributed by atoms with Crippen LogP contribution in [0.4, 0.5) is 0 Å². The van der Waals surface area contributed by atoms with Crippen molar-refractivity contribution in [1.29, 1.82) is 0 Å². The molecule has 2 fully saturated rings. The monoisotopic (exact) mass is 587 g/mol. The lowest BCUT2D eigenvalue weighted by Gasteiger charge is -2.43. The Morgan fingerprint density at radius 1 is 1.00 bits per heavy atom. The number of hydrogen-bond donors (Lipinski definition) is 4. The van der Waals surface area contributed by atoms with E-state index in [9.17, 15) is 29.6 Å². The highest BCUT2D eigenvalue weighted by molar-refractivity contribution is 6.43. The Labute approximate surface area is 251 Å². The van der Waals surface area contributed by atoms with Gasteiger partial charge in [-0.3, -0.25) is 19.3 Å². The summed E-state index contributed by atoms with van der Waals surface area (Å²) in [7, 11) is -1.11. The first kappa shape index (κ1) is 30.7. The van der Waals surface area contributed by atoms with Crippen LogP contribution in [0.15, 0.2) is 65.7 Å². The van der Waals surface area contributed by atoms with E-state index in [0.29, 0.717) is 37.7 Å². The van der Waals surface area contributed by atoms with Gasteiger partial charge in [0.15, 0.2) is 0 Å². The molecule has 226 valence electrons. The molecule has 3 aliphatic rings. The fraction of sp³-hybridized carbons (Fsp3) is 0.424. The third kappa shape index (κ3) is 6.93. The molecule has 2 aromatic rings. The maximum atomic E-state index is 13.6.